The van der Waals surface area contributed by atoms with E-state index in [0.717, 1.165) is 4.47 Å². The third-order valence-corrected chi connectivity index (χ3v) is 4.49. The number of carbonyl (C=O) groups is 2. The Hall–Kier alpha value is -3.65. The van der Waals surface area contributed by atoms with Crippen LogP contribution in [0.25, 0.3) is 0 Å². The molecule has 0 aliphatic heterocycles. The first-order valence-electron chi connectivity index (χ1n) is 8.74. The lowest BCUT2D eigenvalue weighted by Crippen LogP contribution is -2.17. The summed E-state index contributed by atoms with van der Waals surface area (Å²) in [5, 5.41) is 13.2. The molecule has 0 bridgehead atoms. The molecule has 3 aromatic carbocycles. The summed E-state index contributed by atoms with van der Waals surface area (Å²) in [6.07, 6.45) is 1.37. The highest BCUT2D eigenvalue weighted by Crippen LogP contribution is 2.23. The molecule has 0 atom stereocenters. The Morgan fingerprint density at radius 2 is 1.67 bits per heavy atom. The second-order valence-electron chi connectivity index (χ2n) is 6.05. The standard InChI is InChI=1S/C22H17BrN2O5/c1-29-19-9-4-15(5-10-19)22(28)30-20-11-6-17(23)12-16(20)13-24-25-21(27)14-2-7-18(26)8-3-14/h2-13,26H,1H3,(H,25,27)/b24-13-. The van der Waals surface area contributed by atoms with E-state index in [1.54, 1.807) is 49.6 Å². The van der Waals surface area contributed by atoms with Crippen molar-refractivity contribution in [1.82, 2.24) is 5.43 Å². The van der Waals surface area contributed by atoms with Crippen molar-refractivity contribution < 1.29 is 24.2 Å². The molecule has 0 saturated heterocycles. The van der Waals surface area contributed by atoms with E-state index in [2.05, 4.69) is 26.5 Å². The lowest BCUT2D eigenvalue weighted by Gasteiger charge is -2.08. The van der Waals surface area contributed by atoms with Crippen LogP contribution in [0.5, 0.6) is 17.2 Å². The molecule has 8 heteroatoms. The minimum Gasteiger partial charge on any atom is -0.508 e. The third kappa shape index (κ3) is 5.45. The minimum atomic E-state index is -0.539. The van der Waals surface area contributed by atoms with Crippen LogP contribution < -0.4 is 14.9 Å². The lowest BCUT2D eigenvalue weighted by atomic mass is 10.2. The molecule has 0 aromatic heterocycles. The highest BCUT2D eigenvalue weighted by atomic mass is 79.9. The molecule has 0 heterocycles. The van der Waals surface area contributed by atoms with Gasteiger partial charge in [0, 0.05) is 15.6 Å². The summed E-state index contributed by atoms with van der Waals surface area (Å²) >= 11 is 3.36. The van der Waals surface area contributed by atoms with Crippen molar-refractivity contribution >= 4 is 34.0 Å². The molecule has 2 N–H and O–H groups in total. The van der Waals surface area contributed by atoms with Gasteiger partial charge >= 0.3 is 5.97 Å². The number of esters is 1. The van der Waals surface area contributed by atoms with Crippen molar-refractivity contribution in [2.75, 3.05) is 7.11 Å². The maximum Gasteiger partial charge on any atom is 0.343 e. The van der Waals surface area contributed by atoms with E-state index in [0.29, 0.717) is 22.4 Å². The zero-order valence-corrected chi connectivity index (χ0v) is 17.4. The molecule has 0 fully saturated rings. The maximum atomic E-state index is 12.4. The molecule has 0 aliphatic carbocycles. The number of rotatable bonds is 6. The number of hydrogen-bond donors (Lipinski definition) is 2. The van der Waals surface area contributed by atoms with E-state index in [9.17, 15) is 14.7 Å². The second-order valence-corrected chi connectivity index (χ2v) is 6.96. The van der Waals surface area contributed by atoms with E-state index < -0.39 is 11.9 Å². The van der Waals surface area contributed by atoms with Gasteiger partial charge in [0.15, 0.2) is 0 Å². The van der Waals surface area contributed by atoms with Crippen molar-refractivity contribution in [3.05, 3.63) is 87.9 Å². The van der Waals surface area contributed by atoms with E-state index in [-0.39, 0.29) is 11.5 Å². The van der Waals surface area contributed by atoms with Crippen LogP contribution in [0.4, 0.5) is 0 Å². The summed E-state index contributed by atoms with van der Waals surface area (Å²) in [5.74, 6) is -0.0117. The van der Waals surface area contributed by atoms with Gasteiger partial charge < -0.3 is 14.6 Å². The third-order valence-electron chi connectivity index (χ3n) is 4.00. The van der Waals surface area contributed by atoms with Crippen LogP contribution in [0, 0.1) is 0 Å². The van der Waals surface area contributed by atoms with Crippen LogP contribution in [0.2, 0.25) is 0 Å². The first-order chi connectivity index (χ1) is 14.5. The second kappa shape index (κ2) is 9.71. The Balaban J connectivity index is 1.72. The van der Waals surface area contributed by atoms with Gasteiger partial charge in [-0.25, -0.2) is 10.2 Å². The van der Waals surface area contributed by atoms with Gasteiger partial charge in [0.05, 0.1) is 18.9 Å². The number of hydrogen-bond acceptors (Lipinski definition) is 6. The first-order valence-corrected chi connectivity index (χ1v) is 9.54. The van der Waals surface area contributed by atoms with Crippen molar-refractivity contribution in [3.63, 3.8) is 0 Å². The smallest absolute Gasteiger partial charge is 0.343 e. The number of amides is 1. The maximum absolute atomic E-state index is 12.4. The van der Waals surface area contributed by atoms with Crippen molar-refractivity contribution in [1.29, 1.82) is 0 Å². The highest BCUT2D eigenvalue weighted by molar-refractivity contribution is 9.10. The number of phenols is 1. The Labute approximate surface area is 181 Å². The number of ether oxygens (including phenoxy) is 2. The summed E-state index contributed by atoms with van der Waals surface area (Å²) in [6, 6.07) is 17.3. The van der Waals surface area contributed by atoms with Crippen LogP contribution in [0.3, 0.4) is 0 Å². The summed E-state index contributed by atoms with van der Waals surface area (Å²) < 4.78 is 11.3. The monoisotopic (exact) mass is 468 g/mol. The molecule has 3 rings (SSSR count). The largest absolute Gasteiger partial charge is 0.508 e. The Bertz CT molecular complexity index is 1080. The van der Waals surface area contributed by atoms with Gasteiger partial charge in [-0.1, -0.05) is 15.9 Å². The predicted molar refractivity (Wildman–Crippen MR) is 115 cm³/mol. The van der Waals surface area contributed by atoms with Gasteiger partial charge in [0.2, 0.25) is 0 Å². The number of carbonyl (C=O) groups excluding carboxylic acids is 2. The summed E-state index contributed by atoms with van der Waals surface area (Å²) in [6.45, 7) is 0. The summed E-state index contributed by atoms with van der Waals surface area (Å²) in [7, 11) is 1.54. The zero-order chi connectivity index (χ0) is 21.5. The first kappa shape index (κ1) is 21.1. The zero-order valence-electron chi connectivity index (χ0n) is 15.8. The van der Waals surface area contributed by atoms with E-state index >= 15 is 0 Å². The SMILES string of the molecule is COc1ccc(C(=O)Oc2ccc(Br)cc2/C=N\NC(=O)c2ccc(O)cc2)cc1. The number of phenolic OH excluding ortho intramolecular Hbond substituents is 1. The number of nitrogens with zero attached hydrogens (tertiary/aromatic N) is 1. The van der Waals surface area contributed by atoms with Gasteiger partial charge in [-0.05, 0) is 66.7 Å². The van der Waals surface area contributed by atoms with Gasteiger partial charge in [0.1, 0.15) is 17.2 Å². The van der Waals surface area contributed by atoms with Gasteiger partial charge in [-0.3, -0.25) is 4.79 Å². The normalized spacial score (nSPS) is 10.6. The fourth-order valence-corrected chi connectivity index (χ4v) is 2.82. The van der Waals surface area contributed by atoms with Crippen molar-refractivity contribution in [3.8, 4) is 17.2 Å². The molecule has 0 saturated carbocycles. The molecule has 30 heavy (non-hydrogen) atoms. The number of benzene rings is 3. The molecule has 3 aromatic rings. The fraction of sp³-hybridized carbons (Fsp3) is 0.0455. The van der Waals surface area contributed by atoms with E-state index in [4.69, 9.17) is 9.47 Å². The Morgan fingerprint density at radius 3 is 2.33 bits per heavy atom. The van der Waals surface area contributed by atoms with Crippen LogP contribution in [0.15, 0.2) is 76.3 Å². The van der Waals surface area contributed by atoms with Crippen molar-refractivity contribution in [2.45, 2.75) is 0 Å². The van der Waals surface area contributed by atoms with Gasteiger partial charge in [0.25, 0.3) is 5.91 Å². The average Bonchev–Trinajstić information content (AvgIpc) is 2.76. The fourth-order valence-electron chi connectivity index (χ4n) is 2.44. The molecular weight excluding hydrogens is 452 g/mol. The molecular formula is C22H17BrN2O5. The van der Waals surface area contributed by atoms with Gasteiger partial charge in [-0.2, -0.15) is 5.10 Å². The molecule has 1 amide bonds. The van der Waals surface area contributed by atoms with Crippen LogP contribution in [-0.4, -0.2) is 30.3 Å². The summed E-state index contributed by atoms with van der Waals surface area (Å²) in [4.78, 5) is 24.5. The molecule has 0 aliphatic rings. The molecule has 0 spiro atoms. The predicted octanol–water partition coefficient (Wildman–Crippen LogP) is 4.15. The van der Waals surface area contributed by atoms with E-state index in [1.807, 2.05) is 0 Å². The lowest BCUT2D eigenvalue weighted by molar-refractivity contribution is 0.0734. The Morgan fingerprint density at radius 1 is 1.00 bits per heavy atom. The number of methoxy groups -OCH3 is 1. The number of hydrazone groups is 1. The minimum absolute atomic E-state index is 0.0625. The van der Waals surface area contributed by atoms with E-state index in [1.165, 1.54) is 30.5 Å². The quantitative estimate of drug-likeness (QED) is 0.245. The molecule has 0 unspecified atom stereocenters. The molecule has 0 radical (unpaired) electrons. The average molecular weight is 469 g/mol. The molecule has 152 valence electrons. The highest BCUT2D eigenvalue weighted by Gasteiger charge is 2.12. The topological polar surface area (TPSA) is 97.2 Å². The molecule has 7 nitrogen and oxygen atoms in total. The Kier molecular flexibility index (Phi) is 6.82. The van der Waals surface area contributed by atoms with Crippen LogP contribution in [-0.2, 0) is 0 Å². The van der Waals surface area contributed by atoms with Gasteiger partial charge in [-0.15, -0.1) is 0 Å². The van der Waals surface area contributed by atoms with Crippen molar-refractivity contribution in [2.24, 2.45) is 5.10 Å². The summed E-state index contributed by atoms with van der Waals surface area (Å²) in [5.41, 5.74) is 3.58. The number of halogens is 1. The van der Waals surface area contributed by atoms with Crippen LogP contribution in [0.1, 0.15) is 26.3 Å². The number of nitrogens with one attached hydrogen (secondary N) is 1. The van der Waals surface area contributed by atoms with Crippen LogP contribution >= 0.6 is 15.9 Å². The number of aromatic hydroxyl groups is 1.